The van der Waals surface area contributed by atoms with Crippen molar-refractivity contribution in [3.8, 4) is 5.75 Å². The molecule has 0 atom stereocenters. The van der Waals surface area contributed by atoms with Gasteiger partial charge in [-0.25, -0.2) is 4.68 Å². The summed E-state index contributed by atoms with van der Waals surface area (Å²) in [6.07, 6.45) is 0. The lowest BCUT2D eigenvalue weighted by molar-refractivity contribution is 0.415. The van der Waals surface area contributed by atoms with E-state index >= 15 is 0 Å². The van der Waals surface area contributed by atoms with Crippen molar-refractivity contribution in [3.63, 3.8) is 0 Å². The van der Waals surface area contributed by atoms with Gasteiger partial charge in [-0.3, -0.25) is 0 Å². The van der Waals surface area contributed by atoms with Crippen LogP contribution in [0.2, 0.25) is 0 Å². The van der Waals surface area contributed by atoms with Crippen molar-refractivity contribution < 1.29 is 4.74 Å². The van der Waals surface area contributed by atoms with Crippen LogP contribution in [0.25, 0.3) is 21.8 Å². The number of aromatic nitrogens is 3. The van der Waals surface area contributed by atoms with Gasteiger partial charge in [-0.1, -0.05) is 47.3 Å². The Kier molecular flexibility index (Phi) is 4.80. The molecule has 0 fully saturated rings. The lowest BCUT2D eigenvalue weighted by Crippen LogP contribution is -2.06. The molecule has 0 saturated carbocycles. The van der Waals surface area contributed by atoms with Crippen LogP contribution in [0.5, 0.6) is 5.75 Å². The maximum atomic E-state index is 6.59. The van der Waals surface area contributed by atoms with Crippen LogP contribution in [-0.2, 0) is 0 Å². The molecule has 2 N–H and O–H groups in total. The van der Waals surface area contributed by atoms with Crippen LogP contribution in [0.4, 0.5) is 0 Å². The highest BCUT2D eigenvalue weighted by Gasteiger charge is 2.15. The summed E-state index contributed by atoms with van der Waals surface area (Å²) in [5, 5.41) is 9.44. The molecule has 0 saturated heterocycles. The maximum Gasteiger partial charge on any atom is 0.128 e. The topological polar surface area (TPSA) is 66.0 Å². The van der Waals surface area contributed by atoms with E-state index in [0.717, 1.165) is 32.3 Å². The molecule has 1 heterocycles. The van der Waals surface area contributed by atoms with Gasteiger partial charge in [0.1, 0.15) is 16.3 Å². The summed E-state index contributed by atoms with van der Waals surface area (Å²) in [5.41, 5.74) is 9.85. The second-order valence-corrected chi connectivity index (χ2v) is 6.91. The molecule has 0 aliphatic heterocycles. The zero-order valence-electron chi connectivity index (χ0n) is 14.7. The number of nitrogens with two attached hydrogens (primary N) is 1. The van der Waals surface area contributed by atoms with Crippen LogP contribution in [-0.4, -0.2) is 22.1 Å². The van der Waals surface area contributed by atoms with E-state index in [0.29, 0.717) is 5.70 Å². The van der Waals surface area contributed by atoms with E-state index in [4.69, 9.17) is 10.5 Å². The highest BCUT2D eigenvalue weighted by molar-refractivity contribution is 8.08. The first-order valence-corrected chi connectivity index (χ1v) is 9.26. The fourth-order valence-electron chi connectivity index (χ4n) is 2.73. The Morgan fingerprint density at radius 1 is 0.926 bits per heavy atom. The van der Waals surface area contributed by atoms with E-state index in [9.17, 15) is 0 Å². The Morgan fingerprint density at radius 2 is 1.63 bits per heavy atom. The molecule has 0 unspecified atom stereocenters. The number of benzene rings is 3. The molecule has 0 bridgehead atoms. The van der Waals surface area contributed by atoms with Crippen molar-refractivity contribution in [3.05, 3.63) is 84.4 Å². The van der Waals surface area contributed by atoms with Crippen molar-refractivity contribution in [2.24, 2.45) is 5.73 Å². The van der Waals surface area contributed by atoms with Gasteiger partial charge >= 0.3 is 0 Å². The first-order chi connectivity index (χ1) is 13.3. The van der Waals surface area contributed by atoms with E-state index in [1.165, 1.54) is 0 Å². The largest absolute Gasteiger partial charge is 0.497 e. The first kappa shape index (κ1) is 17.2. The molecule has 1 aromatic heterocycles. The molecule has 4 rings (SSSR count). The van der Waals surface area contributed by atoms with Gasteiger partial charge in [0.25, 0.3) is 0 Å². The number of hydrogen-bond acceptors (Lipinski definition) is 5. The Hall–Kier alpha value is -3.25. The molecule has 3 aromatic carbocycles. The van der Waals surface area contributed by atoms with Crippen LogP contribution in [0.15, 0.2) is 83.8 Å². The number of thioether (sulfide) groups is 1. The second kappa shape index (κ2) is 7.55. The number of fused-ring (bicyclic) bond motifs is 1. The van der Waals surface area contributed by atoms with E-state index in [2.05, 4.69) is 10.3 Å². The summed E-state index contributed by atoms with van der Waals surface area (Å²) >= 11 is 1.56. The normalized spacial score (nSPS) is 12.0. The average molecular weight is 374 g/mol. The predicted octanol–water partition coefficient (Wildman–Crippen LogP) is 4.47. The number of rotatable bonds is 5. The summed E-state index contributed by atoms with van der Waals surface area (Å²) in [7, 11) is 1.65. The van der Waals surface area contributed by atoms with E-state index in [1.807, 2.05) is 78.9 Å². The third-order valence-electron chi connectivity index (χ3n) is 4.13. The highest BCUT2D eigenvalue weighted by atomic mass is 32.2. The second-order valence-electron chi connectivity index (χ2n) is 5.85. The maximum absolute atomic E-state index is 6.59. The molecule has 134 valence electrons. The molecule has 6 heteroatoms. The SMILES string of the molecule is COc1ccc(/C(N)=C(\Sc2ccccc2)n2nnc3ccccc32)cc1. The number of para-hydroxylation sites is 1. The minimum Gasteiger partial charge on any atom is -0.497 e. The molecule has 0 radical (unpaired) electrons. The molecule has 5 nitrogen and oxygen atoms in total. The van der Waals surface area contributed by atoms with Crippen LogP contribution >= 0.6 is 11.8 Å². The van der Waals surface area contributed by atoms with Crippen molar-refractivity contribution >= 4 is 33.5 Å². The van der Waals surface area contributed by atoms with Crippen molar-refractivity contribution in [2.45, 2.75) is 4.90 Å². The lowest BCUT2D eigenvalue weighted by Gasteiger charge is -2.13. The quantitative estimate of drug-likeness (QED) is 0.522. The summed E-state index contributed by atoms with van der Waals surface area (Å²) in [5.74, 6) is 0.787. The molecular formula is C21H18N4OS. The molecule has 27 heavy (non-hydrogen) atoms. The first-order valence-electron chi connectivity index (χ1n) is 8.44. The molecule has 4 aromatic rings. The third kappa shape index (κ3) is 3.52. The fraction of sp³-hybridized carbons (Fsp3) is 0.0476. The summed E-state index contributed by atoms with van der Waals surface area (Å²) in [4.78, 5) is 1.07. The molecule has 0 spiro atoms. The standard InChI is InChI=1S/C21H18N4OS/c1-26-16-13-11-15(12-14-16)20(22)21(27-17-7-3-2-4-8-17)25-19-10-6-5-9-18(19)23-24-25/h2-14H,22H2,1H3/b21-20+. The van der Waals surface area contributed by atoms with Crippen molar-refractivity contribution in [1.29, 1.82) is 0 Å². The van der Waals surface area contributed by atoms with E-state index in [1.54, 1.807) is 23.6 Å². The predicted molar refractivity (Wildman–Crippen MR) is 110 cm³/mol. The van der Waals surface area contributed by atoms with Gasteiger partial charge in [0, 0.05) is 10.5 Å². The van der Waals surface area contributed by atoms with Gasteiger partial charge in [-0.15, -0.1) is 5.10 Å². The van der Waals surface area contributed by atoms with Gasteiger partial charge in [0.05, 0.1) is 18.3 Å². The third-order valence-corrected chi connectivity index (χ3v) is 5.23. The molecule has 0 aliphatic carbocycles. The Morgan fingerprint density at radius 3 is 2.37 bits per heavy atom. The minimum absolute atomic E-state index is 0.627. The van der Waals surface area contributed by atoms with Gasteiger partial charge in [-0.05, 0) is 48.5 Å². The van der Waals surface area contributed by atoms with Crippen LogP contribution in [0.3, 0.4) is 0 Å². The molecular weight excluding hydrogens is 356 g/mol. The molecule has 0 amide bonds. The minimum atomic E-state index is 0.627. The zero-order valence-corrected chi connectivity index (χ0v) is 15.6. The average Bonchev–Trinajstić information content (AvgIpc) is 3.16. The van der Waals surface area contributed by atoms with Crippen LogP contribution in [0.1, 0.15) is 5.56 Å². The smallest absolute Gasteiger partial charge is 0.128 e. The summed E-state index contributed by atoms with van der Waals surface area (Å²) in [6.45, 7) is 0. The van der Waals surface area contributed by atoms with Crippen LogP contribution < -0.4 is 10.5 Å². The number of hydrogen-bond donors (Lipinski definition) is 1. The highest BCUT2D eigenvalue weighted by Crippen LogP contribution is 2.35. The summed E-state index contributed by atoms with van der Waals surface area (Å²) in [6, 6.07) is 25.6. The van der Waals surface area contributed by atoms with Gasteiger partial charge in [0.2, 0.25) is 0 Å². The lowest BCUT2D eigenvalue weighted by atomic mass is 10.1. The number of nitrogens with zero attached hydrogens (tertiary/aromatic N) is 3. The zero-order chi connectivity index (χ0) is 18.6. The summed E-state index contributed by atoms with van der Waals surface area (Å²) < 4.78 is 7.04. The molecule has 0 aliphatic rings. The number of ether oxygens (including phenoxy) is 1. The van der Waals surface area contributed by atoms with Gasteiger partial charge in [0.15, 0.2) is 0 Å². The Balaban J connectivity index is 1.86. The fourth-order valence-corrected chi connectivity index (χ4v) is 3.69. The van der Waals surface area contributed by atoms with Gasteiger partial charge in [-0.2, -0.15) is 0 Å². The monoisotopic (exact) mass is 374 g/mol. The van der Waals surface area contributed by atoms with Crippen molar-refractivity contribution in [1.82, 2.24) is 15.0 Å². The Bertz CT molecular complexity index is 1090. The van der Waals surface area contributed by atoms with Crippen LogP contribution in [0, 0.1) is 0 Å². The Labute approximate surface area is 161 Å². The van der Waals surface area contributed by atoms with Crippen molar-refractivity contribution in [2.75, 3.05) is 7.11 Å². The van der Waals surface area contributed by atoms with E-state index in [-0.39, 0.29) is 0 Å². The van der Waals surface area contributed by atoms with Gasteiger partial charge < -0.3 is 10.5 Å². The van der Waals surface area contributed by atoms with E-state index < -0.39 is 0 Å². The number of methoxy groups -OCH3 is 1.